The molecule has 2 aromatic rings. The lowest BCUT2D eigenvalue weighted by molar-refractivity contribution is -0.135. The van der Waals surface area contributed by atoms with E-state index >= 15 is 0 Å². The van der Waals surface area contributed by atoms with Crippen LogP contribution >= 0.6 is 0 Å². The van der Waals surface area contributed by atoms with Crippen molar-refractivity contribution < 1.29 is 17.9 Å². The lowest BCUT2D eigenvalue weighted by atomic mass is 9.91. The molecule has 2 heterocycles. The Bertz CT molecular complexity index is 1110. The molecule has 194 valence electrons. The molecule has 0 spiro atoms. The Balaban J connectivity index is 1.92. The number of imidazole rings is 1. The molecule has 0 N–H and O–H groups in total. The quantitative estimate of drug-likeness (QED) is 0.467. The van der Waals surface area contributed by atoms with E-state index in [0.29, 0.717) is 26.1 Å². The molecule has 3 rings (SSSR count). The first kappa shape index (κ1) is 27.4. The number of rotatable bonds is 10. The summed E-state index contributed by atoms with van der Waals surface area (Å²) in [6.45, 7) is 14.3. The predicted octanol–water partition coefficient (Wildman–Crippen LogP) is 4.77. The number of carbonyl (C=O) groups excluding carboxylic acids is 1. The first-order valence-electron chi connectivity index (χ1n) is 12.6. The van der Waals surface area contributed by atoms with Gasteiger partial charge in [-0.2, -0.15) is 0 Å². The number of amides is 1. The third kappa shape index (κ3) is 7.90. The van der Waals surface area contributed by atoms with Gasteiger partial charge in [-0.05, 0) is 36.7 Å². The second-order valence-electron chi connectivity index (χ2n) is 11.4. The van der Waals surface area contributed by atoms with Crippen LogP contribution in [-0.2, 0) is 38.2 Å². The number of aromatic nitrogens is 2. The third-order valence-electron chi connectivity index (χ3n) is 6.00. The van der Waals surface area contributed by atoms with Crippen molar-refractivity contribution in [1.29, 1.82) is 0 Å². The van der Waals surface area contributed by atoms with E-state index in [0.717, 1.165) is 36.3 Å². The largest absolute Gasteiger partial charge is 0.376 e. The number of ether oxygens (including phenoxy) is 1. The first-order chi connectivity index (χ1) is 16.3. The Labute approximate surface area is 210 Å². The van der Waals surface area contributed by atoms with Crippen molar-refractivity contribution >= 4 is 15.7 Å². The van der Waals surface area contributed by atoms with Gasteiger partial charge in [0, 0.05) is 26.1 Å². The Morgan fingerprint density at radius 3 is 2.63 bits per heavy atom. The van der Waals surface area contributed by atoms with Crippen LogP contribution in [-0.4, -0.2) is 48.0 Å². The minimum absolute atomic E-state index is 0.0184. The van der Waals surface area contributed by atoms with Crippen LogP contribution in [0.15, 0.2) is 35.6 Å². The fourth-order valence-electron chi connectivity index (χ4n) is 4.46. The number of sulfone groups is 1. The number of benzene rings is 1. The van der Waals surface area contributed by atoms with Gasteiger partial charge in [0.2, 0.25) is 20.9 Å². The van der Waals surface area contributed by atoms with Crippen molar-refractivity contribution in [3.63, 3.8) is 0 Å². The average Bonchev–Trinajstić information content (AvgIpc) is 3.36. The van der Waals surface area contributed by atoms with Crippen molar-refractivity contribution in [3.05, 3.63) is 47.3 Å². The summed E-state index contributed by atoms with van der Waals surface area (Å²) < 4.78 is 34.5. The summed E-state index contributed by atoms with van der Waals surface area (Å²) in [4.78, 5) is 19.5. The number of nitrogens with zero attached hydrogens (tertiary/aromatic N) is 3. The van der Waals surface area contributed by atoms with E-state index < -0.39 is 9.84 Å². The molecule has 0 bridgehead atoms. The Kier molecular flexibility index (Phi) is 8.81. The van der Waals surface area contributed by atoms with Gasteiger partial charge in [-0.3, -0.25) is 4.79 Å². The van der Waals surface area contributed by atoms with Crippen LogP contribution in [0.5, 0.6) is 0 Å². The highest BCUT2D eigenvalue weighted by molar-refractivity contribution is 7.90. The lowest BCUT2D eigenvalue weighted by Crippen LogP contribution is -2.39. The Morgan fingerprint density at radius 2 is 2.03 bits per heavy atom. The minimum atomic E-state index is -3.67. The van der Waals surface area contributed by atoms with E-state index in [1.54, 1.807) is 10.8 Å². The monoisotopic (exact) mass is 503 g/mol. The molecule has 0 unspecified atom stereocenters. The average molecular weight is 504 g/mol. The van der Waals surface area contributed by atoms with Crippen LogP contribution in [0.1, 0.15) is 70.7 Å². The molecule has 35 heavy (non-hydrogen) atoms. The highest BCUT2D eigenvalue weighted by Crippen LogP contribution is 2.25. The zero-order valence-electron chi connectivity index (χ0n) is 22.1. The van der Waals surface area contributed by atoms with E-state index in [1.165, 1.54) is 0 Å². The number of aryl methyl sites for hydroxylation is 1. The van der Waals surface area contributed by atoms with Gasteiger partial charge in [0.15, 0.2) is 0 Å². The van der Waals surface area contributed by atoms with Gasteiger partial charge in [0.1, 0.15) is 0 Å². The van der Waals surface area contributed by atoms with E-state index in [9.17, 15) is 13.2 Å². The normalized spacial score (nSPS) is 16.7. The van der Waals surface area contributed by atoms with Gasteiger partial charge < -0.3 is 14.2 Å². The molecule has 0 radical (unpaired) electrons. The first-order valence-corrected chi connectivity index (χ1v) is 14.2. The summed E-state index contributed by atoms with van der Waals surface area (Å²) in [6, 6.07) is 7.54. The Morgan fingerprint density at radius 1 is 1.29 bits per heavy atom. The van der Waals surface area contributed by atoms with E-state index in [1.807, 2.05) is 56.9 Å². The molecule has 7 nitrogen and oxygen atoms in total. The van der Waals surface area contributed by atoms with Crippen LogP contribution in [0.2, 0.25) is 0 Å². The van der Waals surface area contributed by atoms with Crippen molar-refractivity contribution in [1.82, 2.24) is 14.5 Å². The highest BCUT2D eigenvalue weighted by atomic mass is 32.2. The molecular formula is C27H41N3O4S. The van der Waals surface area contributed by atoms with Gasteiger partial charge in [-0.25, -0.2) is 13.4 Å². The van der Waals surface area contributed by atoms with Crippen molar-refractivity contribution in [3.8, 4) is 0 Å². The van der Waals surface area contributed by atoms with E-state index in [2.05, 4.69) is 18.8 Å². The van der Waals surface area contributed by atoms with E-state index in [-0.39, 0.29) is 34.3 Å². The van der Waals surface area contributed by atoms with Gasteiger partial charge in [0.05, 0.1) is 30.3 Å². The molecule has 1 aromatic carbocycles. The van der Waals surface area contributed by atoms with Gasteiger partial charge in [0.25, 0.3) is 0 Å². The van der Waals surface area contributed by atoms with Crippen LogP contribution < -0.4 is 0 Å². The third-order valence-corrected chi connectivity index (χ3v) is 7.60. The number of carbonyl (C=O) groups is 1. The van der Waals surface area contributed by atoms with Crippen LogP contribution in [0, 0.1) is 18.3 Å². The van der Waals surface area contributed by atoms with Crippen LogP contribution in [0.3, 0.4) is 0 Å². The molecular weight excluding hydrogens is 462 g/mol. The summed E-state index contributed by atoms with van der Waals surface area (Å²) in [5, 5.41) is 0.0723. The summed E-state index contributed by atoms with van der Waals surface area (Å²) in [5.74, 6) is 0.161. The molecule has 1 atom stereocenters. The summed E-state index contributed by atoms with van der Waals surface area (Å²) in [6.07, 6.45) is 3.98. The second kappa shape index (κ2) is 11.2. The smallest absolute Gasteiger partial charge is 0.228 e. The highest BCUT2D eigenvalue weighted by Gasteiger charge is 2.29. The minimum Gasteiger partial charge on any atom is -0.376 e. The zero-order chi connectivity index (χ0) is 25.8. The molecule has 1 amide bonds. The van der Waals surface area contributed by atoms with Crippen molar-refractivity contribution in [2.75, 3.05) is 13.2 Å². The fourth-order valence-corrected chi connectivity index (χ4v) is 5.95. The maximum absolute atomic E-state index is 13.4. The van der Waals surface area contributed by atoms with Crippen LogP contribution in [0.25, 0.3) is 0 Å². The maximum atomic E-state index is 13.4. The van der Waals surface area contributed by atoms with Gasteiger partial charge >= 0.3 is 0 Å². The second-order valence-corrected chi connectivity index (χ2v) is 13.3. The molecule has 1 fully saturated rings. The predicted molar refractivity (Wildman–Crippen MR) is 138 cm³/mol. The van der Waals surface area contributed by atoms with Crippen molar-refractivity contribution in [2.45, 2.75) is 90.9 Å². The maximum Gasteiger partial charge on any atom is 0.228 e. The molecule has 1 aromatic heterocycles. The summed E-state index contributed by atoms with van der Waals surface area (Å²) >= 11 is 0. The molecule has 0 aliphatic carbocycles. The molecule has 1 aliphatic rings. The topological polar surface area (TPSA) is 81.5 Å². The van der Waals surface area contributed by atoms with E-state index in [4.69, 9.17) is 4.74 Å². The number of hydrogen-bond donors (Lipinski definition) is 0. The standard InChI is InChI=1S/C27H41N3O4S/c1-20(2)16-30-23(15-28-26(30)35(32,33)19-22-10-7-9-21(3)13-22)17-29(18-24-11-8-12-34-24)25(31)14-27(4,5)6/h7,9-10,13,15,20,24H,8,11-12,14,16-19H2,1-6H3/t24-/m0/s1. The summed E-state index contributed by atoms with van der Waals surface area (Å²) in [5.41, 5.74) is 2.35. The zero-order valence-corrected chi connectivity index (χ0v) is 22.9. The van der Waals surface area contributed by atoms with Crippen LogP contribution in [0.4, 0.5) is 0 Å². The molecule has 1 saturated heterocycles. The Hall–Kier alpha value is -2.19. The summed E-state index contributed by atoms with van der Waals surface area (Å²) in [7, 11) is -3.67. The fraction of sp³-hybridized carbons (Fsp3) is 0.630. The SMILES string of the molecule is Cc1cccc(CS(=O)(=O)c2ncc(CN(C[C@@H]3CCCO3)C(=O)CC(C)(C)C)n2CC(C)C)c1. The van der Waals surface area contributed by atoms with Gasteiger partial charge in [-0.15, -0.1) is 0 Å². The molecule has 8 heteroatoms. The van der Waals surface area contributed by atoms with Gasteiger partial charge in [-0.1, -0.05) is 64.4 Å². The number of hydrogen-bond acceptors (Lipinski definition) is 5. The van der Waals surface area contributed by atoms with Crippen molar-refractivity contribution in [2.24, 2.45) is 11.3 Å². The molecule has 1 aliphatic heterocycles. The molecule has 0 saturated carbocycles. The lowest BCUT2D eigenvalue weighted by Gasteiger charge is -2.29.